The van der Waals surface area contributed by atoms with E-state index < -0.39 is 12.4 Å². The largest absolute Gasteiger partial charge is 0.481 e. The second-order valence-corrected chi connectivity index (χ2v) is 3.28. The fraction of sp³-hybridized carbons (Fsp3) is 0.200. The quantitative estimate of drug-likeness (QED) is 0.776. The van der Waals surface area contributed by atoms with Crippen molar-refractivity contribution in [2.24, 2.45) is 0 Å². The first-order chi connectivity index (χ1) is 6.59. The number of rotatable bonds is 4. The Morgan fingerprint density at radius 1 is 1.29 bits per heavy atom. The van der Waals surface area contributed by atoms with E-state index in [9.17, 15) is 9.59 Å². The molecule has 3 nitrogen and oxygen atoms in total. The van der Waals surface area contributed by atoms with Gasteiger partial charge in [0, 0.05) is 11.4 Å². The van der Waals surface area contributed by atoms with E-state index in [-0.39, 0.29) is 12.2 Å². The lowest BCUT2D eigenvalue weighted by molar-refractivity contribution is -0.140. The minimum absolute atomic E-state index is 0.0754. The molecule has 1 aromatic rings. The molecule has 0 aliphatic rings. The Labute approximate surface area is 86.3 Å². The number of carbonyl (C=O) groups is 2. The molecule has 0 fully saturated rings. The standard InChI is InChI=1S/C10H9ClO3/c11-9-4-2-1-3-7(9)5-8(12)6-10(13)14/h1-4H,5-6H2,(H,13,14). The molecule has 74 valence electrons. The Balaban J connectivity index is 2.65. The van der Waals surface area contributed by atoms with E-state index in [2.05, 4.69) is 0 Å². The number of halogens is 1. The number of carboxylic acids is 1. The lowest BCUT2D eigenvalue weighted by Crippen LogP contribution is -2.09. The van der Waals surface area contributed by atoms with E-state index in [1.165, 1.54) is 0 Å². The Kier molecular flexibility index (Phi) is 3.65. The van der Waals surface area contributed by atoms with Crippen LogP contribution in [0.15, 0.2) is 24.3 Å². The predicted molar refractivity (Wildman–Crippen MR) is 52.4 cm³/mol. The van der Waals surface area contributed by atoms with Gasteiger partial charge in [-0.1, -0.05) is 29.8 Å². The zero-order valence-electron chi connectivity index (χ0n) is 7.37. The van der Waals surface area contributed by atoms with E-state index in [1.807, 2.05) is 0 Å². The van der Waals surface area contributed by atoms with E-state index >= 15 is 0 Å². The van der Waals surface area contributed by atoms with Crippen LogP contribution in [-0.4, -0.2) is 16.9 Å². The van der Waals surface area contributed by atoms with Gasteiger partial charge in [-0.2, -0.15) is 0 Å². The van der Waals surface area contributed by atoms with Gasteiger partial charge in [0.15, 0.2) is 0 Å². The van der Waals surface area contributed by atoms with Gasteiger partial charge in [0.25, 0.3) is 0 Å². The lowest BCUT2D eigenvalue weighted by Gasteiger charge is -2.01. The number of hydrogen-bond donors (Lipinski definition) is 1. The molecule has 0 radical (unpaired) electrons. The maximum Gasteiger partial charge on any atom is 0.310 e. The smallest absolute Gasteiger partial charge is 0.310 e. The average Bonchev–Trinajstić information content (AvgIpc) is 2.07. The van der Waals surface area contributed by atoms with E-state index in [4.69, 9.17) is 16.7 Å². The number of hydrogen-bond acceptors (Lipinski definition) is 2. The predicted octanol–water partition coefficient (Wildman–Crippen LogP) is 1.93. The summed E-state index contributed by atoms with van der Waals surface area (Å²) in [6, 6.07) is 6.90. The van der Waals surface area contributed by atoms with Crippen molar-refractivity contribution in [3.63, 3.8) is 0 Å². The Bertz CT molecular complexity index is 360. The van der Waals surface area contributed by atoms with Gasteiger partial charge in [-0.25, -0.2) is 0 Å². The van der Waals surface area contributed by atoms with Crippen molar-refractivity contribution in [2.75, 3.05) is 0 Å². The van der Waals surface area contributed by atoms with Gasteiger partial charge in [0.2, 0.25) is 0 Å². The summed E-state index contributed by atoms with van der Waals surface area (Å²) in [5.74, 6) is -1.45. The van der Waals surface area contributed by atoms with Crippen LogP contribution < -0.4 is 0 Å². The molecule has 1 aromatic carbocycles. The Hall–Kier alpha value is -1.35. The zero-order valence-corrected chi connectivity index (χ0v) is 8.12. The molecule has 1 N–H and O–H groups in total. The molecule has 0 aliphatic heterocycles. The third kappa shape index (κ3) is 3.18. The Morgan fingerprint density at radius 2 is 1.93 bits per heavy atom. The minimum Gasteiger partial charge on any atom is -0.481 e. The first-order valence-corrected chi connectivity index (χ1v) is 4.44. The van der Waals surface area contributed by atoms with Crippen molar-refractivity contribution in [3.8, 4) is 0 Å². The van der Waals surface area contributed by atoms with Gasteiger partial charge in [0.05, 0.1) is 0 Å². The van der Waals surface area contributed by atoms with Gasteiger partial charge in [0.1, 0.15) is 12.2 Å². The highest BCUT2D eigenvalue weighted by Gasteiger charge is 2.10. The van der Waals surface area contributed by atoms with Crippen LogP contribution in [0.1, 0.15) is 12.0 Å². The monoisotopic (exact) mass is 212 g/mol. The molecule has 4 heteroatoms. The summed E-state index contributed by atoms with van der Waals surface area (Å²) < 4.78 is 0. The minimum atomic E-state index is -1.11. The highest BCUT2D eigenvalue weighted by Crippen LogP contribution is 2.15. The van der Waals surface area contributed by atoms with Gasteiger partial charge < -0.3 is 5.11 Å². The first-order valence-electron chi connectivity index (χ1n) is 4.06. The van der Waals surface area contributed by atoms with E-state index in [0.29, 0.717) is 10.6 Å². The molecule has 0 amide bonds. The van der Waals surface area contributed by atoms with Crippen LogP contribution in [0.5, 0.6) is 0 Å². The number of Topliss-reactive ketones (excluding diaryl/α,β-unsaturated/α-hetero) is 1. The molecule has 0 unspecified atom stereocenters. The van der Waals surface area contributed by atoms with Gasteiger partial charge in [-0.3, -0.25) is 9.59 Å². The van der Waals surface area contributed by atoms with Crippen LogP contribution in [0.2, 0.25) is 5.02 Å². The summed E-state index contributed by atoms with van der Waals surface area (Å²) in [6.45, 7) is 0. The summed E-state index contributed by atoms with van der Waals surface area (Å²) in [7, 11) is 0. The highest BCUT2D eigenvalue weighted by molar-refractivity contribution is 6.31. The normalized spacial score (nSPS) is 9.79. The van der Waals surface area contributed by atoms with Crippen LogP contribution in [0.3, 0.4) is 0 Å². The number of benzene rings is 1. The molecule has 0 aromatic heterocycles. The summed E-state index contributed by atoms with van der Waals surface area (Å²) in [4.78, 5) is 21.4. The molecule has 0 spiro atoms. The van der Waals surface area contributed by atoms with Crippen molar-refractivity contribution in [2.45, 2.75) is 12.8 Å². The van der Waals surface area contributed by atoms with Crippen molar-refractivity contribution < 1.29 is 14.7 Å². The van der Waals surface area contributed by atoms with Crippen LogP contribution >= 0.6 is 11.6 Å². The lowest BCUT2D eigenvalue weighted by atomic mass is 10.1. The third-order valence-corrected chi connectivity index (χ3v) is 2.06. The average molecular weight is 213 g/mol. The molecule has 14 heavy (non-hydrogen) atoms. The van der Waals surface area contributed by atoms with Gasteiger partial charge >= 0.3 is 5.97 Å². The molecule has 1 rings (SSSR count). The van der Waals surface area contributed by atoms with Crippen LogP contribution in [-0.2, 0) is 16.0 Å². The molecular weight excluding hydrogens is 204 g/mol. The van der Waals surface area contributed by atoms with E-state index in [0.717, 1.165) is 0 Å². The second kappa shape index (κ2) is 4.77. The molecular formula is C10H9ClO3. The number of carbonyl (C=O) groups excluding carboxylic acids is 1. The number of aliphatic carboxylic acids is 1. The number of ketones is 1. The van der Waals surface area contributed by atoms with Gasteiger partial charge in [-0.05, 0) is 11.6 Å². The first kappa shape index (κ1) is 10.7. The summed E-state index contributed by atoms with van der Waals surface area (Å²) >= 11 is 5.81. The highest BCUT2D eigenvalue weighted by atomic mass is 35.5. The number of carboxylic acid groups (broad SMARTS) is 1. The van der Waals surface area contributed by atoms with Crippen LogP contribution in [0.4, 0.5) is 0 Å². The SMILES string of the molecule is O=C(O)CC(=O)Cc1ccccc1Cl. The summed E-state index contributed by atoms with van der Waals surface area (Å²) in [6.07, 6.45) is -0.378. The fourth-order valence-electron chi connectivity index (χ4n) is 1.09. The topological polar surface area (TPSA) is 54.4 Å². The van der Waals surface area contributed by atoms with Crippen LogP contribution in [0.25, 0.3) is 0 Å². The molecule has 0 saturated heterocycles. The maximum atomic E-state index is 11.1. The van der Waals surface area contributed by atoms with Crippen molar-refractivity contribution in [1.29, 1.82) is 0 Å². The summed E-state index contributed by atoms with van der Waals surface area (Å²) in [5.41, 5.74) is 0.667. The van der Waals surface area contributed by atoms with Crippen molar-refractivity contribution in [1.82, 2.24) is 0 Å². The van der Waals surface area contributed by atoms with Crippen molar-refractivity contribution >= 4 is 23.4 Å². The second-order valence-electron chi connectivity index (χ2n) is 2.88. The van der Waals surface area contributed by atoms with Crippen molar-refractivity contribution in [3.05, 3.63) is 34.9 Å². The third-order valence-electron chi connectivity index (χ3n) is 1.69. The zero-order chi connectivity index (χ0) is 10.6. The molecule has 0 saturated carbocycles. The molecule has 0 atom stereocenters. The van der Waals surface area contributed by atoms with E-state index in [1.54, 1.807) is 24.3 Å². The van der Waals surface area contributed by atoms with Crippen LogP contribution in [0, 0.1) is 0 Å². The fourth-order valence-corrected chi connectivity index (χ4v) is 1.29. The Morgan fingerprint density at radius 3 is 2.50 bits per heavy atom. The molecule has 0 bridgehead atoms. The summed E-state index contributed by atoms with van der Waals surface area (Å²) in [5, 5.41) is 8.87. The molecule has 0 heterocycles. The molecule has 0 aliphatic carbocycles. The maximum absolute atomic E-state index is 11.1. The van der Waals surface area contributed by atoms with Gasteiger partial charge in [-0.15, -0.1) is 0 Å².